The molecule has 1 N–H and O–H groups in total. The third-order valence-electron chi connectivity index (χ3n) is 4.85. The number of nitrogens with zero attached hydrogens (tertiary/aromatic N) is 2. The van der Waals surface area contributed by atoms with E-state index in [9.17, 15) is 4.79 Å². The molecule has 0 aliphatic heterocycles. The molecule has 0 atom stereocenters. The number of hydrogen-bond acceptors (Lipinski definition) is 5. The first-order valence-electron chi connectivity index (χ1n) is 9.09. The lowest BCUT2D eigenvalue weighted by atomic mass is 9.98. The van der Waals surface area contributed by atoms with Gasteiger partial charge in [-0.15, -0.1) is 11.3 Å². The van der Waals surface area contributed by atoms with Crippen LogP contribution in [0.4, 0.5) is 10.5 Å². The van der Waals surface area contributed by atoms with Gasteiger partial charge in [-0.3, -0.25) is 10.3 Å². The van der Waals surface area contributed by atoms with Crippen molar-refractivity contribution >= 4 is 44.9 Å². The number of anilines is 1. The SMILES string of the molecule is Cc1ncc(-c2ccc3nc(Cl)sc3c2)cc1NC(=O)OC1CCCCC1. The summed E-state index contributed by atoms with van der Waals surface area (Å²) < 4.78 is 7.10. The smallest absolute Gasteiger partial charge is 0.411 e. The maximum atomic E-state index is 12.3. The maximum absolute atomic E-state index is 12.3. The molecule has 140 valence electrons. The third-order valence-corrected chi connectivity index (χ3v) is 5.97. The summed E-state index contributed by atoms with van der Waals surface area (Å²) >= 11 is 7.44. The second-order valence-electron chi connectivity index (χ2n) is 6.80. The molecule has 7 heteroatoms. The molecule has 3 aromatic rings. The molecule has 1 amide bonds. The first-order valence-corrected chi connectivity index (χ1v) is 10.3. The maximum Gasteiger partial charge on any atom is 0.411 e. The van der Waals surface area contributed by atoms with Gasteiger partial charge in [-0.05, 0) is 56.4 Å². The van der Waals surface area contributed by atoms with Crippen LogP contribution in [0.15, 0.2) is 30.5 Å². The molecule has 1 aliphatic rings. The van der Waals surface area contributed by atoms with Crippen molar-refractivity contribution < 1.29 is 9.53 Å². The van der Waals surface area contributed by atoms with E-state index in [2.05, 4.69) is 15.3 Å². The van der Waals surface area contributed by atoms with Crippen LogP contribution in [0.2, 0.25) is 4.47 Å². The van der Waals surface area contributed by atoms with E-state index in [0.717, 1.165) is 52.7 Å². The second kappa shape index (κ2) is 7.82. The number of hydrogen-bond donors (Lipinski definition) is 1. The zero-order chi connectivity index (χ0) is 18.8. The van der Waals surface area contributed by atoms with Gasteiger partial charge in [0.1, 0.15) is 6.10 Å². The van der Waals surface area contributed by atoms with E-state index in [1.54, 1.807) is 6.20 Å². The Morgan fingerprint density at radius 3 is 2.85 bits per heavy atom. The van der Waals surface area contributed by atoms with E-state index < -0.39 is 6.09 Å². The standard InChI is InChI=1S/C20H20ClN3O2S/c1-12-17(24-20(25)26-15-5-3-2-4-6-15)9-14(11-22-12)13-7-8-16-18(10-13)27-19(21)23-16/h7-11,15H,2-6H2,1H3,(H,24,25). The van der Waals surface area contributed by atoms with Crippen LogP contribution in [0.25, 0.3) is 21.3 Å². The van der Waals surface area contributed by atoms with E-state index in [0.29, 0.717) is 10.2 Å². The van der Waals surface area contributed by atoms with Crippen LogP contribution in [-0.2, 0) is 4.74 Å². The summed E-state index contributed by atoms with van der Waals surface area (Å²) in [6.07, 6.45) is 6.78. The number of halogens is 1. The van der Waals surface area contributed by atoms with Gasteiger partial charge in [0.05, 0.1) is 21.6 Å². The number of rotatable bonds is 3. The fourth-order valence-electron chi connectivity index (χ4n) is 3.37. The Morgan fingerprint density at radius 2 is 2.04 bits per heavy atom. The molecule has 1 aliphatic carbocycles. The molecule has 4 rings (SSSR count). The van der Waals surface area contributed by atoms with Gasteiger partial charge >= 0.3 is 6.09 Å². The fraction of sp³-hybridized carbons (Fsp3) is 0.350. The van der Waals surface area contributed by atoms with Crippen LogP contribution in [-0.4, -0.2) is 22.2 Å². The number of fused-ring (bicyclic) bond motifs is 1. The summed E-state index contributed by atoms with van der Waals surface area (Å²) in [6, 6.07) is 7.88. The minimum absolute atomic E-state index is 0.0219. The summed E-state index contributed by atoms with van der Waals surface area (Å²) in [5.74, 6) is 0. The highest BCUT2D eigenvalue weighted by atomic mass is 35.5. The number of amides is 1. The Labute approximate surface area is 166 Å². The van der Waals surface area contributed by atoms with E-state index in [-0.39, 0.29) is 6.10 Å². The Morgan fingerprint density at radius 1 is 1.22 bits per heavy atom. The van der Waals surface area contributed by atoms with E-state index in [1.165, 1.54) is 17.8 Å². The first kappa shape index (κ1) is 18.2. The van der Waals surface area contributed by atoms with Crippen molar-refractivity contribution in [3.8, 4) is 11.1 Å². The molecular formula is C20H20ClN3O2S. The number of ether oxygens (including phenoxy) is 1. The van der Waals surface area contributed by atoms with Crippen molar-refractivity contribution in [1.82, 2.24) is 9.97 Å². The van der Waals surface area contributed by atoms with Crippen molar-refractivity contribution in [3.05, 3.63) is 40.6 Å². The van der Waals surface area contributed by atoms with Crippen molar-refractivity contribution in [2.24, 2.45) is 0 Å². The van der Waals surface area contributed by atoms with Crippen molar-refractivity contribution in [2.75, 3.05) is 5.32 Å². The highest BCUT2D eigenvalue weighted by Gasteiger charge is 2.18. The monoisotopic (exact) mass is 401 g/mol. The number of aryl methyl sites for hydroxylation is 1. The Balaban J connectivity index is 1.53. The highest BCUT2D eigenvalue weighted by Crippen LogP contribution is 2.31. The van der Waals surface area contributed by atoms with Gasteiger partial charge in [0.25, 0.3) is 0 Å². The first-order chi connectivity index (χ1) is 13.1. The molecule has 2 aromatic heterocycles. The van der Waals surface area contributed by atoms with Crippen molar-refractivity contribution in [2.45, 2.75) is 45.1 Å². The largest absolute Gasteiger partial charge is 0.446 e. The fourth-order valence-corrected chi connectivity index (χ4v) is 4.44. The van der Waals surface area contributed by atoms with Crippen LogP contribution in [0.3, 0.4) is 0 Å². The second-order valence-corrected chi connectivity index (χ2v) is 8.41. The summed E-state index contributed by atoms with van der Waals surface area (Å²) in [5, 5.41) is 2.85. The number of aromatic nitrogens is 2. The topological polar surface area (TPSA) is 64.1 Å². The molecule has 5 nitrogen and oxygen atoms in total. The molecule has 2 heterocycles. The number of pyridine rings is 1. The zero-order valence-corrected chi connectivity index (χ0v) is 16.6. The van der Waals surface area contributed by atoms with Crippen LogP contribution >= 0.6 is 22.9 Å². The Kier molecular flexibility index (Phi) is 5.27. The minimum Gasteiger partial charge on any atom is -0.446 e. The normalized spacial score (nSPS) is 15.0. The summed E-state index contributed by atoms with van der Waals surface area (Å²) in [5.41, 5.74) is 4.21. The van der Waals surface area contributed by atoms with Gasteiger partial charge in [-0.25, -0.2) is 9.78 Å². The van der Waals surface area contributed by atoms with Crippen LogP contribution in [0.1, 0.15) is 37.8 Å². The predicted octanol–water partition coefficient (Wildman–Crippen LogP) is 6.20. The van der Waals surface area contributed by atoms with E-state index >= 15 is 0 Å². The van der Waals surface area contributed by atoms with E-state index in [1.807, 2.05) is 31.2 Å². The van der Waals surface area contributed by atoms with Crippen molar-refractivity contribution in [3.63, 3.8) is 0 Å². The van der Waals surface area contributed by atoms with Gasteiger partial charge in [-0.1, -0.05) is 24.1 Å². The highest BCUT2D eigenvalue weighted by molar-refractivity contribution is 7.22. The molecule has 1 aromatic carbocycles. The lowest BCUT2D eigenvalue weighted by Gasteiger charge is -2.22. The minimum atomic E-state index is -0.409. The summed E-state index contributed by atoms with van der Waals surface area (Å²) in [7, 11) is 0. The van der Waals surface area contributed by atoms with Crippen LogP contribution < -0.4 is 5.32 Å². The Bertz CT molecular complexity index is 983. The molecule has 1 fully saturated rings. The molecule has 27 heavy (non-hydrogen) atoms. The molecule has 0 unspecified atom stereocenters. The number of thiazole rings is 1. The molecular weight excluding hydrogens is 382 g/mol. The number of nitrogens with one attached hydrogen (secondary N) is 1. The number of carbonyl (C=O) groups is 1. The molecule has 1 saturated carbocycles. The Hall–Kier alpha value is -2.18. The van der Waals surface area contributed by atoms with Gasteiger partial charge in [0.2, 0.25) is 0 Å². The predicted molar refractivity (Wildman–Crippen MR) is 110 cm³/mol. The average Bonchev–Trinajstić information content (AvgIpc) is 3.03. The quantitative estimate of drug-likeness (QED) is 0.567. The third kappa shape index (κ3) is 4.22. The molecule has 0 bridgehead atoms. The van der Waals surface area contributed by atoms with Crippen LogP contribution in [0, 0.1) is 6.92 Å². The van der Waals surface area contributed by atoms with Gasteiger partial charge in [0.15, 0.2) is 4.47 Å². The molecule has 0 saturated heterocycles. The van der Waals surface area contributed by atoms with E-state index in [4.69, 9.17) is 16.3 Å². The molecule has 0 radical (unpaired) electrons. The van der Waals surface area contributed by atoms with Gasteiger partial charge in [0, 0.05) is 11.8 Å². The number of benzene rings is 1. The lowest BCUT2D eigenvalue weighted by molar-refractivity contribution is 0.0865. The lowest BCUT2D eigenvalue weighted by Crippen LogP contribution is -2.24. The average molecular weight is 402 g/mol. The van der Waals surface area contributed by atoms with Crippen molar-refractivity contribution in [1.29, 1.82) is 0 Å². The summed E-state index contributed by atoms with van der Waals surface area (Å²) in [6.45, 7) is 1.87. The zero-order valence-electron chi connectivity index (χ0n) is 15.0. The number of carbonyl (C=O) groups excluding carboxylic acids is 1. The van der Waals surface area contributed by atoms with Gasteiger partial charge < -0.3 is 4.74 Å². The van der Waals surface area contributed by atoms with Crippen LogP contribution in [0.5, 0.6) is 0 Å². The summed E-state index contributed by atoms with van der Waals surface area (Å²) in [4.78, 5) is 21.0. The molecule has 0 spiro atoms. The van der Waals surface area contributed by atoms with Gasteiger partial charge in [-0.2, -0.15) is 0 Å².